The Morgan fingerprint density at radius 3 is 2.45 bits per heavy atom. The van der Waals surface area contributed by atoms with Crippen LogP contribution in [0.2, 0.25) is 0 Å². The van der Waals surface area contributed by atoms with Crippen LogP contribution in [0.3, 0.4) is 0 Å². The summed E-state index contributed by atoms with van der Waals surface area (Å²) in [4.78, 5) is 24.0. The van der Waals surface area contributed by atoms with E-state index in [0.29, 0.717) is 17.0 Å². The van der Waals surface area contributed by atoms with Crippen LogP contribution in [0.5, 0.6) is 5.75 Å². The molecule has 150 valence electrons. The normalized spacial score (nSPS) is 10.6. The molecule has 7 heteroatoms. The van der Waals surface area contributed by atoms with Crippen LogP contribution in [0.15, 0.2) is 59.4 Å². The molecule has 0 bridgehead atoms. The van der Waals surface area contributed by atoms with Crippen molar-refractivity contribution in [3.8, 4) is 17.0 Å². The fourth-order valence-electron chi connectivity index (χ4n) is 2.90. The van der Waals surface area contributed by atoms with E-state index in [4.69, 9.17) is 4.74 Å². The molecule has 0 aliphatic carbocycles. The minimum Gasteiger partial charge on any atom is -0.484 e. The van der Waals surface area contributed by atoms with Crippen molar-refractivity contribution in [1.29, 1.82) is 0 Å². The van der Waals surface area contributed by atoms with Gasteiger partial charge in [0.2, 0.25) is 0 Å². The lowest BCUT2D eigenvalue weighted by Gasteiger charge is -2.10. The first-order valence-electron chi connectivity index (χ1n) is 9.22. The predicted molar refractivity (Wildman–Crippen MR) is 108 cm³/mol. The molecular weight excluding hydrogens is 373 g/mol. The Balaban J connectivity index is 1.54. The van der Waals surface area contributed by atoms with Gasteiger partial charge < -0.3 is 10.1 Å². The molecule has 0 aliphatic rings. The molecular formula is C22H22FN3O3. The molecule has 1 N–H and O–H groups in total. The first-order chi connectivity index (χ1) is 13.9. The van der Waals surface area contributed by atoms with Gasteiger partial charge >= 0.3 is 0 Å². The van der Waals surface area contributed by atoms with Crippen LogP contribution in [-0.4, -0.2) is 28.8 Å². The van der Waals surface area contributed by atoms with E-state index >= 15 is 0 Å². The summed E-state index contributed by atoms with van der Waals surface area (Å²) in [5.41, 5.74) is 3.09. The third-order valence-electron chi connectivity index (χ3n) is 4.22. The minimum atomic E-state index is -0.340. The minimum absolute atomic E-state index is 0.110. The number of carbonyl (C=O) groups is 1. The van der Waals surface area contributed by atoms with Crippen molar-refractivity contribution in [2.75, 3.05) is 13.2 Å². The fourth-order valence-corrected chi connectivity index (χ4v) is 2.90. The number of hydrogen-bond acceptors (Lipinski definition) is 4. The zero-order chi connectivity index (χ0) is 20.8. The first kappa shape index (κ1) is 20.3. The maximum Gasteiger partial charge on any atom is 0.266 e. The lowest BCUT2D eigenvalue weighted by Crippen LogP contribution is -2.34. The van der Waals surface area contributed by atoms with Gasteiger partial charge in [0.1, 0.15) is 11.6 Å². The Morgan fingerprint density at radius 1 is 1.07 bits per heavy atom. The van der Waals surface area contributed by atoms with Crippen LogP contribution in [0.4, 0.5) is 4.39 Å². The third kappa shape index (κ3) is 5.75. The molecule has 1 amide bonds. The molecule has 2 aromatic carbocycles. The number of aryl methyl sites for hydroxylation is 2. The molecule has 1 aromatic heterocycles. The van der Waals surface area contributed by atoms with E-state index in [1.807, 2.05) is 32.0 Å². The average Bonchev–Trinajstić information content (AvgIpc) is 2.68. The lowest BCUT2D eigenvalue weighted by molar-refractivity contribution is -0.123. The highest BCUT2D eigenvalue weighted by molar-refractivity contribution is 5.77. The van der Waals surface area contributed by atoms with Crippen molar-refractivity contribution < 1.29 is 13.9 Å². The van der Waals surface area contributed by atoms with E-state index in [2.05, 4.69) is 10.4 Å². The molecule has 0 spiro atoms. The zero-order valence-electron chi connectivity index (χ0n) is 16.3. The molecule has 0 unspecified atom stereocenters. The summed E-state index contributed by atoms with van der Waals surface area (Å²) in [5.74, 6) is 0.0160. The van der Waals surface area contributed by atoms with E-state index in [9.17, 15) is 14.0 Å². The second-order valence-electron chi connectivity index (χ2n) is 6.75. The van der Waals surface area contributed by atoms with Gasteiger partial charge in [0.15, 0.2) is 6.61 Å². The predicted octanol–water partition coefficient (Wildman–Crippen LogP) is 2.86. The molecule has 0 aliphatic heterocycles. The van der Waals surface area contributed by atoms with Gasteiger partial charge in [-0.1, -0.05) is 6.07 Å². The number of amides is 1. The maximum atomic E-state index is 13.1. The van der Waals surface area contributed by atoms with Gasteiger partial charge in [-0.3, -0.25) is 9.59 Å². The Kier molecular flexibility index (Phi) is 6.39. The molecule has 0 saturated heterocycles. The van der Waals surface area contributed by atoms with E-state index in [0.717, 1.165) is 11.1 Å². The van der Waals surface area contributed by atoms with Crippen molar-refractivity contribution >= 4 is 5.91 Å². The standard InChI is InChI=1S/C22H22FN3O3/c1-15-11-16(2)13-19(12-15)29-14-21(27)24-9-10-26-22(28)8-7-20(25-26)17-3-5-18(23)6-4-17/h3-8,11-13H,9-10,14H2,1-2H3,(H,24,27). The van der Waals surface area contributed by atoms with Gasteiger partial charge in [-0.25, -0.2) is 9.07 Å². The summed E-state index contributed by atoms with van der Waals surface area (Å²) in [6.45, 7) is 4.26. The summed E-state index contributed by atoms with van der Waals surface area (Å²) in [6, 6.07) is 14.6. The van der Waals surface area contributed by atoms with Crippen LogP contribution >= 0.6 is 0 Å². The van der Waals surface area contributed by atoms with Gasteiger partial charge in [0.05, 0.1) is 12.2 Å². The Labute approximate surface area is 168 Å². The number of carbonyl (C=O) groups excluding carboxylic acids is 1. The highest BCUT2D eigenvalue weighted by atomic mass is 19.1. The van der Waals surface area contributed by atoms with Crippen LogP contribution in [-0.2, 0) is 11.3 Å². The summed E-state index contributed by atoms with van der Waals surface area (Å²) in [5, 5.41) is 6.99. The molecule has 6 nitrogen and oxygen atoms in total. The van der Waals surface area contributed by atoms with E-state index < -0.39 is 0 Å². The summed E-state index contributed by atoms with van der Waals surface area (Å²) >= 11 is 0. The monoisotopic (exact) mass is 395 g/mol. The fraction of sp³-hybridized carbons (Fsp3) is 0.227. The second-order valence-corrected chi connectivity index (χ2v) is 6.75. The smallest absolute Gasteiger partial charge is 0.266 e. The van der Waals surface area contributed by atoms with Crippen molar-refractivity contribution in [2.24, 2.45) is 0 Å². The molecule has 3 rings (SSSR count). The largest absolute Gasteiger partial charge is 0.484 e. The SMILES string of the molecule is Cc1cc(C)cc(OCC(=O)NCCn2nc(-c3ccc(F)cc3)ccc2=O)c1. The number of benzene rings is 2. The van der Waals surface area contributed by atoms with Crippen LogP contribution in [0, 0.1) is 19.7 Å². The first-order valence-corrected chi connectivity index (χ1v) is 9.22. The summed E-state index contributed by atoms with van der Waals surface area (Å²) in [6.07, 6.45) is 0. The van der Waals surface area contributed by atoms with Gasteiger partial charge in [0.25, 0.3) is 11.5 Å². The topological polar surface area (TPSA) is 73.2 Å². The molecule has 3 aromatic rings. The number of rotatable bonds is 7. The van der Waals surface area contributed by atoms with Gasteiger partial charge in [-0.05, 0) is 67.4 Å². The third-order valence-corrected chi connectivity index (χ3v) is 4.22. The van der Waals surface area contributed by atoms with E-state index in [1.54, 1.807) is 18.2 Å². The van der Waals surface area contributed by atoms with Crippen LogP contribution < -0.4 is 15.6 Å². The van der Waals surface area contributed by atoms with Gasteiger partial charge in [-0.2, -0.15) is 5.10 Å². The number of halogens is 1. The van der Waals surface area contributed by atoms with Gasteiger partial charge in [0, 0.05) is 18.2 Å². The highest BCUT2D eigenvalue weighted by Crippen LogP contribution is 2.16. The number of aromatic nitrogens is 2. The number of ether oxygens (including phenoxy) is 1. The molecule has 0 atom stereocenters. The summed E-state index contributed by atoms with van der Waals surface area (Å²) in [7, 11) is 0. The van der Waals surface area contributed by atoms with Crippen LogP contribution in [0.25, 0.3) is 11.3 Å². The number of hydrogen-bond donors (Lipinski definition) is 1. The number of nitrogens with one attached hydrogen (secondary N) is 1. The van der Waals surface area contributed by atoms with Crippen molar-refractivity contribution in [3.05, 3.63) is 81.9 Å². The highest BCUT2D eigenvalue weighted by Gasteiger charge is 2.06. The second kappa shape index (κ2) is 9.14. The molecule has 0 fully saturated rings. The van der Waals surface area contributed by atoms with Crippen LogP contribution in [0.1, 0.15) is 11.1 Å². The van der Waals surface area contributed by atoms with E-state index in [1.165, 1.54) is 22.9 Å². The van der Waals surface area contributed by atoms with E-state index in [-0.39, 0.29) is 37.0 Å². The van der Waals surface area contributed by atoms with Gasteiger partial charge in [-0.15, -0.1) is 0 Å². The number of nitrogens with zero attached hydrogens (tertiary/aromatic N) is 2. The quantitative estimate of drug-likeness (QED) is 0.668. The summed E-state index contributed by atoms with van der Waals surface area (Å²) < 4.78 is 19.9. The van der Waals surface area contributed by atoms with Crippen molar-refractivity contribution in [3.63, 3.8) is 0 Å². The van der Waals surface area contributed by atoms with Crippen molar-refractivity contribution in [2.45, 2.75) is 20.4 Å². The molecule has 0 saturated carbocycles. The Bertz CT molecular complexity index is 1040. The Morgan fingerprint density at radius 2 is 1.76 bits per heavy atom. The molecule has 0 radical (unpaired) electrons. The molecule has 1 heterocycles. The maximum absolute atomic E-state index is 13.1. The molecule has 29 heavy (non-hydrogen) atoms. The zero-order valence-corrected chi connectivity index (χ0v) is 16.3. The Hall–Kier alpha value is -3.48. The average molecular weight is 395 g/mol. The lowest BCUT2D eigenvalue weighted by atomic mass is 10.1. The van der Waals surface area contributed by atoms with Crippen molar-refractivity contribution in [1.82, 2.24) is 15.1 Å².